The molecule has 0 saturated carbocycles. The fraction of sp³-hybridized carbons (Fsp3) is 0.500. The molecule has 8 heteroatoms. The third-order valence-electron chi connectivity index (χ3n) is 2.25. The van der Waals surface area contributed by atoms with Crippen molar-refractivity contribution in [3.8, 4) is 0 Å². The van der Waals surface area contributed by atoms with E-state index in [-0.39, 0.29) is 10.8 Å². The van der Waals surface area contributed by atoms with Gasteiger partial charge in [0.1, 0.15) is 6.33 Å². The molecule has 1 fully saturated rings. The molecule has 6 nitrogen and oxygen atoms in total. The molecule has 16 heavy (non-hydrogen) atoms. The Morgan fingerprint density at radius 2 is 2.12 bits per heavy atom. The van der Waals surface area contributed by atoms with Crippen LogP contribution < -0.4 is 4.90 Å². The fourth-order valence-electron chi connectivity index (χ4n) is 1.51. The molecule has 2 rings (SSSR count). The Hall–Kier alpha value is -1.08. The van der Waals surface area contributed by atoms with Crippen LogP contribution in [0.2, 0.25) is 5.15 Å². The molecule has 1 saturated heterocycles. The molecule has 0 amide bonds. The summed E-state index contributed by atoms with van der Waals surface area (Å²) in [7, 11) is 0. The summed E-state index contributed by atoms with van der Waals surface area (Å²) in [6.07, 6.45) is 1.26. The van der Waals surface area contributed by atoms with Crippen molar-refractivity contribution in [3.63, 3.8) is 0 Å². The summed E-state index contributed by atoms with van der Waals surface area (Å²) >= 11 is 7.54. The predicted octanol–water partition coefficient (Wildman–Crippen LogP) is 1.59. The van der Waals surface area contributed by atoms with E-state index < -0.39 is 4.92 Å². The number of hydrogen-bond donors (Lipinski definition) is 0. The Bertz CT molecular complexity index is 411. The molecule has 0 spiro atoms. The van der Waals surface area contributed by atoms with Gasteiger partial charge in [-0.3, -0.25) is 10.1 Å². The average molecular weight is 261 g/mol. The number of rotatable bonds is 2. The van der Waals surface area contributed by atoms with Crippen LogP contribution in [0.4, 0.5) is 11.5 Å². The summed E-state index contributed by atoms with van der Waals surface area (Å²) in [5.74, 6) is 2.21. The van der Waals surface area contributed by atoms with E-state index in [1.165, 1.54) is 6.33 Å². The molecular weight excluding hydrogens is 252 g/mol. The lowest BCUT2D eigenvalue weighted by molar-refractivity contribution is -0.384. The topological polar surface area (TPSA) is 72.2 Å². The van der Waals surface area contributed by atoms with Crippen molar-refractivity contribution >= 4 is 34.9 Å². The van der Waals surface area contributed by atoms with Gasteiger partial charge in [-0.25, -0.2) is 9.97 Å². The van der Waals surface area contributed by atoms with Gasteiger partial charge in [0.2, 0.25) is 11.0 Å². The molecule has 0 unspecified atom stereocenters. The van der Waals surface area contributed by atoms with Crippen LogP contribution in [-0.2, 0) is 0 Å². The minimum Gasteiger partial charge on any atom is -0.349 e. The lowest BCUT2D eigenvalue weighted by Crippen LogP contribution is -2.33. The minimum atomic E-state index is -0.528. The van der Waals surface area contributed by atoms with Crippen LogP contribution in [0.25, 0.3) is 0 Å². The van der Waals surface area contributed by atoms with Crippen molar-refractivity contribution in [2.75, 3.05) is 29.5 Å². The molecule has 86 valence electrons. The summed E-state index contributed by atoms with van der Waals surface area (Å²) in [5, 5.41) is 10.8. The van der Waals surface area contributed by atoms with Crippen LogP contribution in [-0.4, -0.2) is 39.5 Å². The monoisotopic (exact) mass is 260 g/mol. The molecule has 0 radical (unpaired) electrons. The highest BCUT2D eigenvalue weighted by Gasteiger charge is 2.26. The van der Waals surface area contributed by atoms with Crippen molar-refractivity contribution in [1.82, 2.24) is 9.97 Å². The van der Waals surface area contributed by atoms with E-state index >= 15 is 0 Å². The second kappa shape index (κ2) is 4.84. The van der Waals surface area contributed by atoms with Gasteiger partial charge in [-0.05, 0) is 0 Å². The number of halogens is 1. The molecule has 0 aliphatic carbocycles. The smallest absolute Gasteiger partial charge is 0.348 e. The van der Waals surface area contributed by atoms with Gasteiger partial charge in [0.15, 0.2) is 0 Å². The number of anilines is 1. The highest BCUT2D eigenvalue weighted by atomic mass is 35.5. The first kappa shape index (κ1) is 11.4. The van der Waals surface area contributed by atoms with Crippen molar-refractivity contribution in [1.29, 1.82) is 0 Å². The van der Waals surface area contributed by atoms with Crippen LogP contribution in [0.15, 0.2) is 6.33 Å². The molecule has 1 aromatic rings. The lowest BCUT2D eigenvalue weighted by Gasteiger charge is -2.26. The van der Waals surface area contributed by atoms with Crippen molar-refractivity contribution < 1.29 is 4.92 Å². The molecule has 1 aliphatic rings. The van der Waals surface area contributed by atoms with Gasteiger partial charge in [-0.1, -0.05) is 11.6 Å². The SMILES string of the molecule is O=[N+]([O-])c1c(Cl)ncnc1N1CCSCC1. The Labute approximate surface area is 101 Å². The summed E-state index contributed by atoms with van der Waals surface area (Å²) < 4.78 is 0. The Kier molecular flexibility index (Phi) is 3.45. The predicted molar refractivity (Wildman–Crippen MR) is 63.2 cm³/mol. The number of nitrogens with zero attached hydrogens (tertiary/aromatic N) is 4. The van der Waals surface area contributed by atoms with Gasteiger partial charge in [0, 0.05) is 24.6 Å². The number of hydrogen-bond acceptors (Lipinski definition) is 6. The lowest BCUT2D eigenvalue weighted by atomic mass is 10.4. The third-order valence-corrected chi connectivity index (χ3v) is 3.47. The highest BCUT2D eigenvalue weighted by molar-refractivity contribution is 7.99. The fourth-order valence-corrected chi connectivity index (χ4v) is 2.61. The Morgan fingerprint density at radius 3 is 2.75 bits per heavy atom. The van der Waals surface area contributed by atoms with Crippen molar-refractivity contribution in [2.45, 2.75) is 0 Å². The highest BCUT2D eigenvalue weighted by Crippen LogP contribution is 2.32. The van der Waals surface area contributed by atoms with Crippen LogP contribution in [0.3, 0.4) is 0 Å². The Balaban J connectivity index is 2.38. The van der Waals surface area contributed by atoms with Crippen LogP contribution in [0, 0.1) is 10.1 Å². The zero-order valence-corrected chi connectivity index (χ0v) is 9.87. The maximum absolute atomic E-state index is 10.9. The maximum atomic E-state index is 10.9. The van der Waals surface area contributed by atoms with Gasteiger partial charge >= 0.3 is 5.69 Å². The van der Waals surface area contributed by atoms with E-state index in [2.05, 4.69) is 9.97 Å². The van der Waals surface area contributed by atoms with Gasteiger partial charge in [0.05, 0.1) is 4.92 Å². The Morgan fingerprint density at radius 1 is 1.44 bits per heavy atom. The van der Waals surface area contributed by atoms with Crippen LogP contribution >= 0.6 is 23.4 Å². The first-order chi connectivity index (χ1) is 7.70. The number of aromatic nitrogens is 2. The van der Waals surface area contributed by atoms with Crippen LogP contribution in [0.5, 0.6) is 0 Å². The van der Waals surface area contributed by atoms with Gasteiger partial charge in [0.25, 0.3) is 0 Å². The number of thioether (sulfide) groups is 1. The van der Waals surface area contributed by atoms with E-state index in [0.717, 1.165) is 24.6 Å². The zero-order chi connectivity index (χ0) is 11.5. The van der Waals surface area contributed by atoms with Crippen molar-refractivity contribution in [3.05, 3.63) is 21.6 Å². The maximum Gasteiger partial charge on any atom is 0.348 e. The largest absolute Gasteiger partial charge is 0.349 e. The minimum absolute atomic E-state index is 0.103. The summed E-state index contributed by atoms with van der Waals surface area (Å²) in [5.41, 5.74) is -0.198. The van der Waals surface area contributed by atoms with Crippen LogP contribution in [0.1, 0.15) is 0 Å². The van der Waals surface area contributed by atoms with E-state index in [9.17, 15) is 10.1 Å². The van der Waals surface area contributed by atoms with E-state index in [1.54, 1.807) is 0 Å². The first-order valence-corrected chi connectivity index (χ1v) is 6.21. The van der Waals surface area contributed by atoms with E-state index in [1.807, 2.05) is 16.7 Å². The second-order valence-corrected chi connectivity index (χ2v) is 4.78. The normalized spacial score (nSPS) is 16.2. The summed E-state index contributed by atoms with van der Waals surface area (Å²) in [4.78, 5) is 19.8. The number of nitro groups is 1. The third kappa shape index (κ3) is 2.19. The van der Waals surface area contributed by atoms with Gasteiger partial charge in [-0.2, -0.15) is 11.8 Å². The molecule has 0 atom stereocenters. The first-order valence-electron chi connectivity index (χ1n) is 4.67. The summed E-state index contributed by atoms with van der Waals surface area (Å²) in [6, 6.07) is 0. The second-order valence-electron chi connectivity index (χ2n) is 3.19. The van der Waals surface area contributed by atoms with Gasteiger partial charge < -0.3 is 4.90 Å². The molecule has 0 aromatic carbocycles. The molecule has 0 N–H and O–H groups in total. The van der Waals surface area contributed by atoms with E-state index in [0.29, 0.717) is 5.82 Å². The standard InChI is InChI=1S/C8H9ClN4O2S/c9-7-6(13(14)15)8(11-5-10-7)12-1-3-16-4-2-12/h5H,1-4H2. The molecule has 1 aromatic heterocycles. The molecule has 1 aliphatic heterocycles. The zero-order valence-electron chi connectivity index (χ0n) is 8.30. The van der Waals surface area contributed by atoms with E-state index in [4.69, 9.17) is 11.6 Å². The van der Waals surface area contributed by atoms with Gasteiger partial charge in [-0.15, -0.1) is 0 Å². The quantitative estimate of drug-likeness (QED) is 0.457. The molecular formula is C8H9ClN4O2S. The average Bonchev–Trinajstić information content (AvgIpc) is 2.29. The summed E-state index contributed by atoms with van der Waals surface area (Å²) in [6.45, 7) is 1.50. The molecule has 0 bridgehead atoms. The van der Waals surface area contributed by atoms with Crippen molar-refractivity contribution in [2.24, 2.45) is 0 Å². The molecule has 2 heterocycles.